The zero-order chi connectivity index (χ0) is 21.0. The Morgan fingerprint density at radius 3 is 2.38 bits per heavy atom. The van der Waals surface area contributed by atoms with Crippen molar-refractivity contribution in [3.05, 3.63) is 52.4 Å². The van der Waals surface area contributed by atoms with Crippen molar-refractivity contribution in [3.63, 3.8) is 0 Å². The van der Waals surface area contributed by atoms with Crippen molar-refractivity contribution >= 4 is 33.2 Å². The Bertz CT molecular complexity index is 977. The van der Waals surface area contributed by atoms with Gasteiger partial charge in [-0.15, -0.1) is 11.3 Å². The molecule has 9 heteroatoms. The molecule has 0 unspecified atom stereocenters. The number of esters is 1. The molecule has 0 spiro atoms. The van der Waals surface area contributed by atoms with Gasteiger partial charge in [-0.1, -0.05) is 12.1 Å². The SMILES string of the molecule is COC(=O)c1ccc(CN(C)C(=O)Cc2ccc(S(=O)(=O)N3CCCC3)s2)cc1. The molecule has 29 heavy (non-hydrogen) atoms. The molecular formula is C20H24N2O5S2. The molecule has 3 rings (SSSR count). The van der Waals surface area contributed by atoms with Crippen LogP contribution in [0.1, 0.15) is 33.6 Å². The largest absolute Gasteiger partial charge is 0.465 e. The Morgan fingerprint density at radius 1 is 1.10 bits per heavy atom. The number of sulfonamides is 1. The third-order valence-corrected chi connectivity index (χ3v) is 8.29. The molecule has 0 aliphatic carbocycles. The minimum atomic E-state index is -3.45. The summed E-state index contributed by atoms with van der Waals surface area (Å²) in [5.74, 6) is -0.507. The van der Waals surface area contributed by atoms with Crippen LogP contribution in [0.15, 0.2) is 40.6 Å². The molecule has 0 atom stereocenters. The average Bonchev–Trinajstić information content (AvgIpc) is 3.40. The molecule has 2 aromatic rings. The molecule has 1 aliphatic rings. The van der Waals surface area contributed by atoms with Gasteiger partial charge in [-0.05, 0) is 42.7 Å². The first-order valence-corrected chi connectivity index (χ1v) is 11.6. The van der Waals surface area contributed by atoms with Gasteiger partial charge in [0.2, 0.25) is 5.91 Å². The molecule has 7 nitrogen and oxygen atoms in total. The van der Waals surface area contributed by atoms with Crippen LogP contribution < -0.4 is 0 Å². The van der Waals surface area contributed by atoms with Crippen LogP contribution in [0, 0.1) is 0 Å². The lowest BCUT2D eigenvalue weighted by atomic mass is 10.1. The van der Waals surface area contributed by atoms with Gasteiger partial charge in [0.1, 0.15) is 4.21 Å². The molecule has 1 aliphatic heterocycles. The number of ether oxygens (including phenoxy) is 1. The molecule has 1 saturated heterocycles. The summed E-state index contributed by atoms with van der Waals surface area (Å²) in [6.45, 7) is 1.52. The van der Waals surface area contributed by atoms with E-state index in [0.717, 1.165) is 34.6 Å². The smallest absolute Gasteiger partial charge is 0.337 e. The Balaban J connectivity index is 1.60. The van der Waals surface area contributed by atoms with Crippen molar-refractivity contribution < 1.29 is 22.7 Å². The Labute approximate surface area is 174 Å². The van der Waals surface area contributed by atoms with Gasteiger partial charge in [0.05, 0.1) is 19.1 Å². The maximum atomic E-state index is 12.6. The summed E-state index contributed by atoms with van der Waals surface area (Å²) in [7, 11) is -0.418. The highest BCUT2D eigenvalue weighted by molar-refractivity contribution is 7.91. The number of methoxy groups -OCH3 is 1. The minimum absolute atomic E-state index is 0.103. The number of rotatable bonds is 7. The molecule has 1 aromatic heterocycles. The molecule has 0 radical (unpaired) electrons. The average molecular weight is 437 g/mol. The summed E-state index contributed by atoms with van der Waals surface area (Å²) in [5.41, 5.74) is 1.34. The van der Waals surface area contributed by atoms with E-state index in [0.29, 0.717) is 29.4 Å². The normalized spacial score (nSPS) is 14.7. The quantitative estimate of drug-likeness (QED) is 0.623. The van der Waals surface area contributed by atoms with E-state index in [1.165, 1.54) is 11.4 Å². The number of carbonyl (C=O) groups is 2. The number of hydrogen-bond donors (Lipinski definition) is 0. The molecule has 1 amide bonds. The summed E-state index contributed by atoms with van der Waals surface area (Å²) in [4.78, 5) is 26.3. The van der Waals surface area contributed by atoms with Gasteiger partial charge >= 0.3 is 5.97 Å². The monoisotopic (exact) mass is 436 g/mol. The van der Waals surface area contributed by atoms with Gasteiger partial charge < -0.3 is 9.64 Å². The van der Waals surface area contributed by atoms with Crippen molar-refractivity contribution in [3.8, 4) is 0 Å². The standard InChI is InChI=1S/C20H24N2O5S2/c1-21(14-15-5-7-16(8-6-15)20(24)27-2)18(23)13-17-9-10-19(28-17)29(25,26)22-11-3-4-12-22/h5-10H,3-4,11-14H2,1-2H3. The lowest BCUT2D eigenvalue weighted by molar-refractivity contribution is -0.129. The zero-order valence-electron chi connectivity index (χ0n) is 16.5. The van der Waals surface area contributed by atoms with Gasteiger partial charge in [0, 0.05) is 31.6 Å². The summed E-state index contributed by atoms with van der Waals surface area (Å²) < 4.78 is 31.7. The third-order valence-electron chi connectivity index (χ3n) is 4.84. The molecule has 1 aromatic carbocycles. The summed E-state index contributed by atoms with van der Waals surface area (Å²) in [5, 5.41) is 0. The van der Waals surface area contributed by atoms with Gasteiger partial charge in [-0.3, -0.25) is 4.79 Å². The summed E-state index contributed by atoms with van der Waals surface area (Å²) in [6.07, 6.45) is 1.93. The van der Waals surface area contributed by atoms with Crippen LogP contribution in [0.2, 0.25) is 0 Å². The number of amides is 1. The number of thiophene rings is 1. The van der Waals surface area contributed by atoms with Crippen LogP contribution in [-0.2, 0) is 32.5 Å². The highest BCUT2D eigenvalue weighted by atomic mass is 32.2. The second-order valence-electron chi connectivity index (χ2n) is 6.95. The van der Waals surface area contributed by atoms with E-state index in [-0.39, 0.29) is 12.3 Å². The Hall–Kier alpha value is -2.23. The lowest BCUT2D eigenvalue weighted by Crippen LogP contribution is -2.27. The molecular weight excluding hydrogens is 412 g/mol. The lowest BCUT2D eigenvalue weighted by Gasteiger charge is -2.17. The third kappa shape index (κ3) is 5.04. The predicted molar refractivity (Wildman–Crippen MR) is 110 cm³/mol. The maximum Gasteiger partial charge on any atom is 0.337 e. The molecule has 0 N–H and O–H groups in total. The second-order valence-corrected chi connectivity index (χ2v) is 10.3. The molecule has 1 fully saturated rings. The van der Waals surface area contributed by atoms with Gasteiger partial charge in [-0.25, -0.2) is 13.2 Å². The van der Waals surface area contributed by atoms with E-state index in [2.05, 4.69) is 4.74 Å². The number of nitrogens with zero attached hydrogens (tertiary/aromatic N) is 2. The molecule has 156 valence electrons. The molecule has 2 heterocycles. The Morgan fingerprint density at radius 2 is 1.76 bits per heavy atom. The topological polar surface area (TPSA) is 84.0 Å². The number of benzene rings is 1. The number of hydrogen-bond acceptors (Lipinski definition) is 6. The van der Waals surface area contributed by atoms with E-state index in [4.69, 9.17) is 0 Å². The maximum absolute atomic E-state index is 12.6. The van der Waals surface area contributed by atoms with Crippen LogP contribution in [0.4, 0.5) is 0 Å². The van der Waals surface area contributed by atoms with E-state index >= 15 is 0 Å². The Kier molecular flexibility index (Phi) is 6.71. The fourth-order valence-corrected chi connectivity index (χ4v) is 6.18. The minimum Gasteiger partial charge on any atom is -0.465 e. The van der Waals surface area contributed by atoms with E-state index in [9.17, 15) is 18.0 Å². The highest BCUT2D eigenvalue weighted by Crippen LogP contribution is 2.27. The highest BCUT2D eigenvalue weighted by Gasteiger charge is 2.28. The molecule has 0 saturated carbocycles. The van der Waals surface area contributed by atoms with E-state index in [1.54, 1.807) is 48.3 Å². The van der Waals surface area contributed by atoms with Crippen LogP contribution >= 0.6 is 11.3 Å². The summed E-state index contributed by atoms with van der Waals surface area (Å²) in [6, 6.07) is 10.2. The van der Waals surface area contributed by atoms with Gasteiger partial charge in [-0.2, -0.15) is 4.31 Å². The van der Waals surface area contributed by atoms with Crippen molar-refractivity contribution in [2.75, 3.05) is 27.2 Å². The first kappa shape index (κ1) is 21.5. The van der Waals surface area contributed by atoms with Crippen LogP contribution in [0.3, 0.4) is 0 Å². The zero-order valence-corrected chi connectivity index (χ0v) is 18.1. The predicted octanol–water partition coefficient (Wildman–Crippen LogP) is 2.52. The molecule has 0 bridgehead atoms. The first-order valence-electron chi connectivity index (χ1n) is 9.31. The van der Waals surface area contributed by atoms with Gasteiger partial charge in [0.15, 0.2) is 0 Å². The van der Waals surface area contributed by atoms with Crippen LogP contribution in [0.5, 0.6) is 0 Å². The summed E-state index contributed by atoms with van der Waals surface area (Å²) >= 11 is 1.16. The van der Waals surface area contributed by atoms with Crippen molar-refractivity contribution in [1.82, 2.24) is 9.21 Å². The van der Waals surface area contributed by atoms with Crippen molar-refractivity contribution in [1.29, 1.82) is 0 Å². The fraction of sp³-hybridized carbons (Fsp3) is 0.400. The number of carbonyl (C=O) groups excluding carboxylic acids is 2. The number of likely N-dealkylation sites (N-methyl/N-ethyl adjacent to an activating group) is 1. The van der Waals surface area contributed by atoms with E-state index in [1.807, 2.05) is 0 Å². The van der Waals surface area contributed by atoms with E-state index < -0.39 is 16.0 Å². The van der Waals surface area contributed by atoms with Crippen molar-refractivity contribution in [2.24, 2.45) is 0 Å². The van der Waals surface area contributed by atoms with Crippen LogP contribution in [-0.4, -0.2) is 56.7 Å². The van der Waals surface area contributed by atoms with Gasteiger partial charge in [0.25, 0.3) is 10.0 Å². The van der Waals surface area contributed by atoms with Crippen molar-refractivity contribution in [2.45, 2.75) is 30.0 Å². The second kappa shape index (κ2) is 9.06. The first-order chi connectivity index (χ1) is 13.8. The fourth-order valence-electron chi connectivity index (χ4n) is 3.16. The van der Waals surface area contributed by atoms with Crippen LogP contribution in [0.25, 0.3) is 0 Å².